The highest BCUT2D eigenvalue weighted by atomic mass is 16.3. The summed E-state index contributed by atoms with van der Waals surface area (Å²) in [5.41, 5.74) is 0. The van der Waals surface area contributed by atoms with Crippen LogP contribution in [0.5, 0.6) is 0 Å². The minimum Gasteiger partial charge on any atom is -0.393 e. The van der Waals surface area contributed by atoms with E-state index >= 15 is 0 Å². The Bertz CT molecular complexity index is 138. The molecule has 0 saturated carbocycles. The van der Waals surface area contributed by atoms with E-state index in [1.54, 1.807) is 13.1 Å². The van der Waals surface area contributed by atoms with Crippen molar-refractivity contribution >= 4 is 6.21 Å². The first kappa shape index (κ1) is 6.49. The summed E-state index contributed by atoms with van der Waals surface area (Å²) in [6.07, 6.45) is 6.13. The number of aliphatic hydroxyl groups is 1. The first-order valence-corrected chi connectivity index (χ1v) is 3.17. The second-order valence-corrected chi connectivity index (χ2v) is 2.31. The lowest BCUT2D eigenvalue weighted by Crippen LogP contribution is -2.15. The third kappa shape index (κ3) is 1.64. The predicted octanol–water partition coefficient (Wildman–Crippen LogP) is 0.972. The van der Waals surface area contributed by atoms with E-state index in [9.17, 15) is 0 Å². The molecular weight excluding hydrogens is 114 g/mol. The average Bonchev–Trinajstić information content (AvgIpc) is 1.90. The Hall–Kier alpha value is -0.630. The van der Waals surface area contributed by atoms with Crippen molar-refractivity contribution < 1.29 is 5.11 Å². The van der Waals surface area contributed by atoms with Crippen molar-refractivity contribution in [2.75, 3.05) is 0 Å². The quantitative estimate of drug-likeness (QED) is 0.556. The fraction of sp³-hybridized carbons (Fsp3) is 0.571. The first-order chi connectivity index (χ1) is 4.30. The molecule has 0 aromatic rings. The van der Waals surface area contributed by atoms with Crippen LogP contribution in [-0.2, 0) is 0 Å². The van der Waals surface area contributed by atoms with Gasteiger partial charge in [0, 0.05) is 18.3 Å². The molecule has 1 rings (SSSR count). The average molecular weight is 125 g/mol. The summed E-state index contributed by atoms with van der Waals surface area (Å²) >= 11 is 0. The zero-order valence-electron chi connectivity index (χ0n) is 5.49. The van der Waals surface area contributed by atoms with E-state index in [-0.39, 0.29) is 12.0 Å². The highest BCUT2D eigenvalue weighted by Crippen LogP contribution is 2.11. The molecule has 0 spiro atoms. The standard InChI is InChI=1S/C7H11NO/c1-6(9)7-2-4-8-5-3-7/h2,4-7,9H,3H2,1H3/t6-,7?/m0/s1. The van der Waals surface area contributed by atoms with Crippen LogP contribution in [0.4, 0.5) is 0 Å². The van der Waals surface area contributed by atoms with Gasteiger partial charge in [0.25, 0.3) is 0 Å². The number of hydrogen-bond acceptors (Lipinski definition) is 2. The highest BCUT2D eigenvalue weighted by Gasteiger charge is 2.10. The molecule has 9 heavy (non-hydrogen) atoms. The van der Waals surface area contributed by atoms with Crippen molar-refractivity contribution in [1.82, 2.24) is 0 Å². The number of aliphatic imine (C=N–C) groups is 1. The molecule has 0 fully saturated rings. The van der Waals surface area contributed by atoms with Gasteiger partial charge in [-0.15, -0.1) is 0 Å². The van der Waals surface area contributed by atoms with Crippen molar-refractivity contribution in [2.24, 2.45) is 10.9 Å². The number of aliphatic hydroxyl groups excluding tert-OH is 1. The summed E-state index contributed by atoms with van der Waals surface area (Å²) in [6, 6.07) is 0. The lowest BCUT2D eigenvalue weighted by molar-refractivity contribution is 0.152. The SMILES string of the molecule is C[C@H](O)C1C=CN=CC1. The topological polar surface area (TPSA) is 32.6 Å². The fourth-order valence-corrected chi connectivity index (χ4v) is 0.840. The largest absolute Gasteiger partial charge is 0.393 e. The molecule has 0 bridgehead atoms. The fourth-order valence-electron chi connectivity index (χ4n) is 0.840. The van der Waals surface area contributed by atoms with Gasteiger partial charge in [-0.3, -0.25) is 4.99 Å². The molecule has 0 aliphatic carbocycles. The maximum atomic E-state index is 9.06. The van der Waals surface area contributed by atoms with Crippen molar-refractivity contribution in [1.29, 1.82) is 0 Å². The Balaban J connectivity index is 2.46. The van der Waals surface area contributed by atoms with Gasteiger partial charge in [-0.05, 0) is 13.3 Å². The smallest absolute Gasteiger partial charge is 0.0578 e. The number of nitrogens with zero attached hydrogens (tertiary/aromatic N) is 1. The lowest BCUT2D eigenvalue weighted by Gasteiger charge is -2.14. The summed E-state index contributed by atoms with van der Waals surface area (Å²) in [7, 11) is 0. The molecule has 1 N–H and O–H groups in total. The van der Waals surface area contributed by atoms with Gasteiger partial charge in [0.2, 0.25) is 0 Å². The minimum atomic E-state index is -0.243. The van der Waals surface area contributed by atoms with E-state index in [2.05, 4.69) is 4.99 Å². The van der Waals surface area contributed by atoms with E-state index < -0.39 is 0 Å². The third-order valence-corrected chi connectivity index (χ3v) is 1.52. The van der Waals surface area contributed by atoms with Crippen molar-refractivity contribution in [3.8, 4) is 0 Å². The predicted molar refractivity (Wildman–Crippen MR) is 37.4 cm³/mol. The third-order valence-electron chi connectivity index (χ3n) is 1.52. The van der Waals surface area contributed by atoms with Gasteiger partial charge in [-0.25, -0.2) is 0 Å². The van der Waals surface area contributed by atoms with Crippen LogP contribution in [-0.4, -0.2) is 17.4 Å². The molecule has 2 atom stereocenters. The maximum absolute atomic E-state index is 9.06. The Labute approximate surface area is 54.9 Å². The molecule has 2 nitrogen and oxygen atoms in total. The zero-order chi connectivity index (χ0) is 6.69. The van der Waals surface area contributed by atoms with Crippen LogP contribution < -0.4 is 0 Å². The molecule has 1 unspecified atom stereocenters. The second-order valence-electron chi connectivity index (χ2n) is 2.31. The van der Waals surface area contributed by atoms with E-state index in [4.69, 9.17) is 5.11 Å². The van der Waals surface area contributed by atoms with Crippen LogP contribution in [0, 0.1) is 5.92 Å². The van der Waals surface area contributed by atoms with Crippen molar-refractivity contribution in [2.45, 2.75) is 19.4 Å². The summed E-state index contributed by atoms with van der Waals surface area (Å²) < 4.78 is 0. The van der Waals surface area contributed by atoms with Crippen LogP contribution in [0.3, 0.4) is 0 Å². The van der Waals surface area contributed by atoms with E-state index in [1.165, 1.54) is 0 Å². The van der Waals surface area contributed by atoms with Gasteiger partial charge >= 0.3 is 0 Å². The van der Waals surface area contributed by atoms with E-state index in [0.717, 1.165) is 6.42 Å². The Morgan fingerprint density at radius 2 is 2.56 bits per heavy atom. The normalized spacial score (nSPS) is 28.4. The van der Waals surface area contributed by atoms with Gasteiger partial charge in [-0.2, -0.15) is 0 Å². The van der Waals surface area contributed by atoms with Gasteiger partial charge in [0.05, 0.1) is 6.10 Å². The van der Waals surface area contributed by atoms with Crippen molar-refractivity contribution in [3.63, 3.8) is 0 Å². The van der Waals surface area contributed by atoms with Gasteiger partial charge in [0.1, 0.15) is 0 Å². The highest BCUT2D eigenvalue weighted by molar-refractivity contribution is 5.60. The zero-order valence-corrected chi connectivity index (χ0v) is 5.49. The molecule has 1 heterocycles. The molecule has 0 aromatic heterocycles. The van der Waals surface area contributed by atoms with E-state index in [1.807, 2.05) is 12.3 Å². The Morgan fingerprint density at radius 1 is 1.78 bits per heavy atom. The summed E-state index contributed by atoms with van der Waals surface area (Å²) in [5, 5.41) is 9.06. The summed E-state index contributed by atoms with van der Waals surface area (Å²) in [5.74, 6) is 0.280. The summed E-state index contributed by atoms with van der Waals surface area (Å²) in [4.78, 5) is 3.89. The molecule has 1 aliphatic heterocycles. The molecular formula is C7H11NO. The summed E-state index contributed by atoms with van der Waals surface area (Å²) in [6.45, 7) is 1.80. The van der Waals surface area contributed by atoms with Gasteiger partial charge in [-0.1, -0.05) is 6.08 Å². The first-order valence-electron chi connectivity index (χ1n) is 3.17. The van der Waals surface area contributed by atoms with Crippen LogP contribution >= 0.6 is 0 Å². The van der Waals surface area contributed by atoms with Gasteiger partial charge in [0.15, 0.2) is 0 Å². The van der Waals surface area contributed by atoms with Crippen molar-refractivity contribution in [3.05, 3.63) is 12.3 Å². The molecule has 2 heteroatoms. The molecule has 0 amide bonds. The van der Waals surface area contributed by atoms with Crippen LogP contribution in [0.25, 0.3) is 0 Å². The minimum absolute atomic E-state index is 0.243. The lowest BCUT2D eigenvalue weighted by atomic mass is 9.99. The molecule has 0 radical (unpaired) electrons. The number of rotatable bonds is 1. The Morgan fingerprint density at radius 3 is 2.89 bits per heavy atom. The Kier molecular flexibility index (Phi) is 2.01. The van der Waals surface area contributed by atoms with E-state index in [0.29, 0.717) is 0 Å². The van der Waals surface area contributed by atoms with Crippen LogP contribution in [0.2, 0.25) is 0 Å². The second kappa shape index (κ2) is 2.78. The molecule has 50 valence electrons. The van der Waals surface area contributed by atoms with Crippen LogP contribution in [0.1, 0.15) is 13.3 Å². The monoisotopic (exact) mass is 125 g/mol. The molecule has 1 aliphatic rings. The maximum Gasteiger partial charge on any atom is 0.0578 e. The number of hydrogen-bond donors (Lipinski definition) is 1. The molecule has 0 saturated heterocycles. The van der Waals surface area contributed by atoms with Crippen LogP contribution in [0.15, 0.2) is 17.3 Å². The molecule has 0 aromatic carbocycles. The van der Waals surface area contributed by atoms with Gasteiger partial charge < -0.3 is 5.11 Å².